The van der Waals surface area contributed by atoms with Crippen LogP contribution in [-0.4, -0.2) is 70.7 Å². The van der Waals surface area contributed by atoms with Gasteiger partial charge in [0.15, 0.2) is 0 Å². The van der Waals surface area contributed by atoms with E-state index in [0.29, 0.717) is 30.0 Å². The Balaban J connectivity index is 1.80. The zero-order valence-corrected chi connectivity index (χ0v) is 20.4. The van der Waals surface area contributed by atoms with Gasteiger partial charge in [-0.1, -0.05) is 30.3 Å². The second kappa shape index (κ2) is 10.1. The molecule has 35 heavy (non-hydrogen) atoms. The first kappa shape index (κ1) is 24.2. The van der Waals surface area contributed by atoms with Crippen molar-refractivity contribution in [3.05, 3.63) is 83.2 Å². The zero-order valence-electron chi connectivity index (χ0n) is 20.4. The van der Waals surface area contributed by atoms with Crippen molar-refractivity contribution in [3.63, 3.8) is 0 Å². The molecular weight excluding hydrogens is 444 g/mol. The smallest absolute Gasteiger partial charge is 0.295 e. The maximum Gasteiger partial charge on any atom is 0.295 e. The van der Waals surface area contributed by atoms with Gasteiger partial charge in [0.1, 0.15) is 11.5 Å². The topological polar surface area (TPSA) is 87.9 Å². The van der Waals surface area contributed by atoms with Gasteiger partial charge in [-0.2, -0.15) is 5.10 Å². The van der Waals surface area contributed by atoms with E-state index in [2.05, 4.69) is 5.10 Å². The van der Waals surface area contributed by atoms with E-state index in [9.17, 15) is 14.7 Å². The summed E-state index contributed by atoms with van der Waals surface area (Å²) in [6.45, 7) is 2.98. The lowest BCUT2D eigenvalue weighted by Crippen LogP contribution is -2.32. The fraction of sp³-hybridized carbons (Fsp3) is 0.296. The van der Waals surface area contributed by atoms with Crippen molar-refractivity contribution in [1.29, 1.82) is 0 Å². The summed E-state index contributed by atoms with van der Waals surface area (Å²) in [5, 5.41) is 15.8. The Labute approximate surface area is 205 Å². The molecule has 8 heteroatoms. The van der Waals surface area contributed by atoms with Crippen molar-refractivity contribution in [3.8, 4) is 11.4 Å². The van der Waals surface area contributed by atoms with Crippen LogP contribution in [0.15, 0.2) is 66.4 Å². The second-order valence-corrected chi connectivity index (χ2v) is 8.81. The Morgan fingerprint density at radius 2 is 1.77 bits per heavy atom. The minimum atomic E-state index is -0.706. The van der Waals surface area contributed by atoms with E-state index in [1.165, 1.54) is 6.20 Å². The minimum absolute atomic E-state index is 0.0701. The fourth-order valence-electron chi connectivity index (χ4n) is 4.42. The van der Waals surface area contributed by atoms with E-state index < -0.39 is 17.7 Å². The third kappa shape index (κ3) is 4.70. The number of methoxy groups -OCH3 is 1. The number of likely N-dealkylation sites (tertiary alicyclic amines) is 1. The number of amides is 1. The van der Waals surface area contributed by atoms with Crippen LogP contribution in [0.5, 0.6) is 5.75 Å². The van der Waals surface area contributed by atoms with Crippen LogP contribution in [0, 0.1) is 6.92 Å². The van der Waals surface area contributed by atoms with Crippen molar-refractivity contribution < 1.29 is 19.4 Å². The molecule has 182 valence electrons. The fourth-order valence-corrected chi connectivity index (χ4v) is 4.42. The quantitative estimate of drug-likeness (QED) is 0.305. The molecule has 0 spiro atoms. The maximum absolute atomic E-state index is 13.3. The monoisotopic (exact) mass is 474 g/mol. The lowest BCUT2D eigenvalue weighted by Gasteiger charge is -2.26. The van der Waals surface area contributed by atoms with Gasteiger partial charge in [-0.25, -0.2) is 4.68 Å². The predicted molar refractivity (Wildman–Crippen MR) is 133 cm³/mol. The lowest BCUT2D eigenvalue weighted by atomic mass is 9.95. The first-order valence-corrected chi connectivity index (χ1v) is 11.5. The molecule has 4 rings (SSSR count). The number of rotatable bonds is 8. The predicted octanol–water partition coefficient (Wildman–Crippen LogP) is 3.56. The minimum Gasteiger partial charge on any atom is -0.507 e. The van der Waals surface area contributed by atoms with Gasteiger partial charge in [-0.15, -0.1) is 0 Å². The molecule has 0 radical (unpaired) electrons. The molecule has 1 atom stereocenters. The zero-order chi connectivity index (χ0) is 25.1. The number of aromatic nitrogens is 2. The molecule has 1 aliphatic heterocycles. The summed E-state index contributed by atoms with van der Waals surface area (Å²) in [4.78, 5) is 29.9. The largest absolute Gasteiger partial charge is 0.507 e. The third-order valence-corrected chi connectivity index (χ3v) is 6.24. The summed E-state index contributed by atoms with van der Waals surface area (Å²) in [5.41, 5.74) is 2.71. The van der Waals surface area contributed by atoms with Crippen LogP contribution < -0.4 is 4.74 Å². The summed E-state index contributed by atoms with van der Waals surface area (Å²) >= 11 is 0. The summed E-state index contributed by atoms with van der Waals surface area (Å²) in [7, 11) is 5.50. The van der Waals surface area contributed by atoms with Crippen LogP contribution >= 0.6 is 0 Å². The number of hydrogen-bond acceptors (Lipinski definition) is 6. The first-order valence-electron chi connectivity index (χ1n) is 11.5. The number of carbonyl (C=O) groups is 2. The van der Waals surface area contributed by atoms with E-state index in [4.69, 9.17) is 4.74 Å². The number of ether oxygens (including phenoxy) is 1. The highest BCUT2D eigenvalue weighted by molar-refractivity contribution is 6.46. The van der Waals surface area contributed by atoms with Crippen LogP contribution in [-0.2, 0) is 9.59 Å². The number of nitrogens with zero attached hydrogens (tertiary/aromatic N) is 4. The molecule has 1 aromatic heterocycles. The average molecular weight is 475 g/mol. The molecule has 1 N–H and O–H groups in total. The number of para-hydroxylation sites is 1. The van der Waals surface area contributed by atoms with E-state index in [1.807, 2.05) is 68.4 Å². The molecule has 1 fully saturated rings. The molecular formula is C27H30N4O4. The number of carbonyl (C=O) groups excluding carboxylic acids is 2. The SMILES string of the molecule is COc1ccc(C2/C(=C(\O)c3cnn(-c4ccccc4)c3C)C(=O)C(=O)N2CCCN(C)C)cc1. The van der Waals surface area contributed by atoms with Crippen LogP contribution in [0.25, 0.3) is 11.4 Å². The molecule has 1 amide bonds. The standard InChI is InChI=1S/C27H30N4O4/c1-18-22(17-28-31(18)20-9-6-5-7-10-20)25(32)23-24(19-11-13-21(35-4)14-12-19)30(27(34)26(23)33)16-8-15-29(2)3/h5-7,9-14,17,24,32H,8,15-16H2,1-4H3/b25-23+. The van der Waals surface area contributed by atoms with E-state index in [-0.39, 0.29) is 11.3 Å². The molecule has 0 bridgehead atoms. The van der Waals surface area contributed by atoms with Gasteiger partial charge in [0, 0.05) is 6.54 Å². The van der Waals surface area contributed by atoms with Crippen molar-refractivity contribution in [2.45, 2.75) is 19.4 Å². The Morgan fingerprint density at radius 1 is 1.09 bits per heavy atom. The molecule has 1 saturated heterocycles. The molecule has 0 aliphatic carbocycles. The molecule has 1 aliphatic rings. The van der Waals surface area contributed by atoms with Gasteiger partial charge in [-0.3, -0.25) is 9.59 Å². The summed E-state index contributed by atoms with van der Waals surface area (Å²) in [6.07, 6.45) is 2.22. The number of benzene rings is 2. The third-order valence-electron chi connectivity index (χ3n) is 6.24. The van der Waals surface area contributed by atoms with Gasteiger partial charge in [-0.05, 0) is 63.8 Å². The molecule has 8 nitrogen and oxygen atoms in total. The van der Waals surface area contributed by atoms with Gasteiger partial charge in [0.2, 0.25) is 0 Å². The number of aliphatic hydroxyl groups is 1. The molecule has 2 heterocycles. The van der Waals surface area contributed by atoms with Gasteiger partial charge < -0.3 is 19.6 Å². The highest BCUT2D eigenvalue weighted by Crippen LogP contribution is 2.40. The molecule has 1 unspecified atom stereocenters. The van der Waals surface area contributed by atoms with Gasteiger partial charge >= 0.3 is 0 Å². The normalized spacial score (nSPS) is 17.4. The molecule has 0 saturated carbocycles. The highest BCUT2D eigenvalue weighted by atomic mass is 16.5. The van der Waals surface area contributed by atoms with E-state index >= 15 is 0 Å². The van der Waals surface area contributed by atoms with Crippen LogP contribution in [0.3, 0.4) is 0 Å². The van der Waals surface area contributed by atoms with Gasteiger partial charge in [0.05, 0.1) is 41.9 Å². The van der Waals surface area contributed by atoms with Crippen LogP contribution in [0.1, 0.15) is 29.3 Å². The summed E-state index contributed by atoms with van der Waals surface area (Å²) in [5.74, 6) is -0.864. The van der Waals surface area contributed by atoms with Gasteiger partial charge in [0.25, 0.3) is 11.7 Å². The van der Waals surface area contributed by atoms with Crippen molar-refractivity contribution >= 4 is 17.4 Å². The van der Waals surface area contributed by atoms with Crippen molar-refractivity contribution in [2.75, 3.05) is 34.3 Å². The Morgan fingerprint density at radius 3 is 2.40 bits per heavy atom. The maximum atomic E-state index is 13.3. The second-order valence-electron chi connectivity index (χ2n) is 8.81. The summed E-state index contributed by atoms with van der Waals surface area (Å²) < 4.78 is 6.97. The van der Waals surface area contributed by atoms with Crippen molar-refractivity contribution in [1.82, 2.24) is 19.6 Å². The Kier molecular flexibility index (Phi) is 7.02. The number of aliphatic hydroxyl groups excluding tert-OH is 1. The average Bonchev–Trinajstić information content (AvgIpc) is 3.36. The molecule has 3 aromatic rings. The number of hydrogen-bond donors (Lipinski definition) is 1. The lowest BCUT2D eigenvalue weighted by molar-refractivity contribution is -0.139. The van der Waals surface area contributed by atoms with Crippen molar-refractivity contribution in [2.24, 2.45) is 0 Å². The Bertz CT molecular complexity index is 1250. The Hall–Kier alpha value is -3.91. The van der Waals surface area contributed by atoms with E-state index in [0.717, 1.165) is 17.8 Å². The van der Waals surface area contributed by atoms with E-state index in [1.54, 1.807) is 28.8 Å². The number of ketones is 1. The first-order chi connectivity index (χ1) is 16.8. The highest BCUT2D eigenvalue weighted by Gasteiger charge is 2.46. The summed E-state index contributed by atoms with van der Waals surface area (Å²) in [6, 6.07) is 16.0. The van der Waals surface area contributed by atoms with Crippen LogP contribution in [0.2, 0.25) is 0 Å². The molecule has 2 aromatic carbocycles. The number of Topliss-reactive ketones (excluding diaryl/α,β-unsaturated/α-hetero) is 1. The van der Waals surface area contributed by atoms with Crippen LogP contribution in [0.4, 0.5) is 0 Å².